The van der Waals surface area contributed by atoms with Gasteiger partial charge in [0.05, 0.1) is 13.7 Å². The van der Waals surface area contributed by atoms with Crippen LogP contribution in [0.15, 0.2) is 22.6 Å². The van der Waals surface area contributed by atoms with E-state index in [1.54, 1.807) is 12.1 Å². The van der Waals surface area contributed by atoms with Gasteiger partial charge >= 0.3 is 0 Å². The third-order valence-corrected chi connectivity index (χ3v) is 4.42. The van der Waals surface area contributed by atoms with Gasteiger partial charge in [0.2, 0.25) is 11.8 Å². The number of halogens is 1. The van der Waals surface area contributed by atoms with E-state index < -0.39 is 0 Å². The molecule has 0 unspecified atom stereocenters. The minimum atomic E-state index is -0.309. The normalized spacial score (nSPS) is 16.5. The first kappa shape index (κ1) is 17.8. The molecule has 0 aliphatic carbocycles. The number of methoxy groups -OCH3 is 1. The SMILES string of the molecule is COc1ccc(CN2CCN(Cc3nnc(C(C)C)o3)CC2)cc1F. The van der Waals surface area contributed by atoms with Gasteiger partial charge in [0.15, 0.2) is 11.6 Å². The number of hydrogen-bond acceptors (Lipinski definition) is 6. The van der Waals surface area contributed by atoms with Gasteiger partial charge in [0, 0.05) is 38.6 Å². The highest BCUT2D eigenvalue weighted by atomic mass is 19.1. The van der Waals surface area contributed by atoms with Gasteiger partial charge in [-0.1, -0.05) is 19.9 Å². The van der Waals surface area contributed by atoms with Crippen LogP contribution in [-0.4, -0.2) is 53.3 Å². The zero-order valence-electron chi connectivity index (χ0n) is 15.0. The molecule has 1 aromatic heterocycles. The molecule has 2 aromatic rings. The van der Waals surface area contributed by atoms with Gasteiger partial charge in [-0.05, 0) is 17.7 Å². The summed E-state index contributed by atoms with van der Waals surface area (Å²) in [4.78, 5) is 4.63. The largest absolute Gasteiger partial charge is 0.494 e. The molecule has 25 heavy (non-hydrogen) atoms. The van der Waals surface area contributed by atoms with Crippen molar-refractivity contribution in [1.82, 2.24) is 20.0 Å². The molecule has 0 saturated carbocycles. The summed E-state index contributed by atoms with van der Waals surface area (Å²) in [6, 6.07) is 5.15. The molecule has 0 radical (unpaired) electrons. The smallest absolute Gasteiger partial charge is 0.230 e. The fourth-order valence-corrected chi connectivity index (χ4v) is 2.93. The van der Waals surface area contributed by atoms with Gasteiger partial charge in [-0.25, -0.2) is 4.39 Å². The first-order chi connectivity index (χ1) is 12.0. The molecule has 0 atom stereocenters. The molecule has 1 fully saturated rings. The number of benzene rings is 1. The van der Waals surface area contributed by atoms with Crippen molar-refractivity contribution < 1.29 is 13.5 Å². The molecule has 3 rings (SSSR count). The fraction of sp³-hybridized carbons (Fsp3) is 0.556. The molecule has 0 N–H and O–H groups in total. The molecular weight excluding hydrogens is 323 g/mol. The van der Waals surface area contributed by atoms with Gasteiger partial charge in [-0.3, -0.25) is 9.80 Å². The van der Waals surface area contributed by atoms with E-state index in [0.29, 0.717) is 18.3 Å². The lowest BCUT2D eigenvalue weighted by Gasteiger charge is -2.34. The quantitative estimate of drug-likeness (QED) is 0.800. The Labute approximate surface area is 147 Å². The van der Waals surface area contributed by atoms with Crippen molar-refractivity contribution in [2.24, 2.45) is 0 Å². The van der Waals surface area contributed by atoms with Crippen molar-refractivity contribution in [2.75, 3.05) is 33.3 Å². The summed E-state index contributed by atoms with van der Waals surface area (Å²) in [5.74, 6) is 1.59. The number of piperazine rings is 1. The summed E-state index contributed by atoms with van der Waals surface area (Å²) in [6.45, 7) is 9.22. The Kier molecular flexibility index (Phi) is 5.65. The van der Waals surface area contributed by atoms with Crippen LogP contribution in [0.2, 0.25) is 0 Å². The lowest BCUT2D eigenvalue weighted by atomic mass is 10.2. The van der Waals surface area contributed by atoms with Crippen molar-refractivity contribution in [3.8, 4) is 5.75 Å². The zero-order chi connectivity index (χ0) is 17.8. The molecular formula is C18H25FN4O2. The molecule has 1 aromatic carbocycles. The van der Waals surface area contributed by atoms with Gasteiger partial charge in [0.1, 0.15) is 0 Å². The molecule has 0 bridgehead atoms. The molecule has 7 heteroatoms. The molecule has 2 heterocycles. The Morgan fingerprint density at radius 1 is 1.12 bits per heavy atom. The van der Waals surface area contributed by atoms with Crippen LogP contribution in [0.1, 0.15) is 37.1 Å². The van der Waals surface area contributed by atoms with E-state index in [1.165, 1.54) is 7.11 Å². The first-order valence-electron chi connectivity index (χ1n) is 8.64. The van der Waals surface area contributed by atoms with Crippen molar-refractivity contribution in [2.45, 2.75) is 32.9 Å². The molecule has 0 amide bonds. The lowest BCUT2D eigenvalue weighted by Crippen LogP contribution is -2.45. The Balaban J connectivity index is 1.49. The maximum Gasteiger partial charge on any atom is 0.230 e. The fourth-order valence-electron chi connectivity index (χ4n) is 2.93. The van der Waals surface area contributed by atoms with Crippen LogP contribution in [0.5, 0.6) is 5.75 Å². The van der Waals surface area contributed by atoms with Crippen LogP contribution in [0, 0.1) is 5.82 Å². The average molecular weight is 348 g/mol. The summed E-state index contributed by atoms with van der Waals surface area (Å²) < 4.78 is 24.4. The summed E-state index contributed by atoms with van der Waals surface area (Å²) in [6.07, 6.45) is 0. The molecule has 136 valence electrons. The Bertz CT molecular complexity index is 696. The topological polar surface area (TPSA) is 54.6 Å². The Hall–Kier alpha value is -1.99. The van der Waals surface area contributed by atoms with E-state index in [2.05, 4.69) is 20.0 Å². The van der Waals surface area contributed by atoms with E-state index in [1.807, 2.05) is 19.9 Å². The number of hydrogen-bond donors (Lipinski definition) is 0. The zero-order valence-corrected chi connectivity index (χ0v) is 15.0. The van der Waals surface area contributed by atoms with Gasteiger partial charge in [-0.2, -0.15) is 0 Å². The third kappa shape index (κ3) is 4.55. The number of ether oxygens (including phenoxy) is 1. The van der Waals surface area contributed by atoms with E-state index in [-0.39, 0.29) is 17.5 Å². The molecule has 1 aliphatic heterocycles. The second-order valence-corrected chi connectivity index (χ2v) is 6.71. The molecule has 0 spiro atoms. The second kappa shape index (κ2) is 7.93. The predicted molar refractivity (Wildman–Crippen MR) is 91.9 cm³/mol. The Morgan fingerprint density at radius 2 is 1.80 bits per heavy atom. The van der Waals surface area contributed by atoms with Crippen LogP contribution >= 0.6 is 0 Å². The van der Waals surface area contributed by atoms with Gasteiger partial charge in [0.25, 0.3) is 0 Å². The summed E-state index contributed by atoms with van der Waals surface area (Å²) in [5.41, 5.74) is 0.963. The summed E-state index contributed by atoms with van der Waals surface area (Å²) in [5, 5.41) is 8.19. The van der Waals surface area contributed by atoms with Crippen molar-refractivity contribution in [3.05, 3.63) is 41.4 Å². The number of aromatic nitrogens is 2. The van der Waals surface area contributed by atoms with Crippen LogP contribution in [-0.2, 0) is 13.1 Å². The van der Waals surface area contributed by atoms with Crippen LogP contribution in [0.25, 0.3) is 0 Å². The molecule has 6 nitrogen and oxygen atoms in total. The highest BCUT2D eigenvalue weighted by Gasteiger charge is 2.20. The van der Waals surface area contributed by atoms with Crippen LogP contribution < -0.4 is 4.74 Å². The van der Waals surface area contributed by atoms with Crippen LogP contribution in [0.3, 0.4) is 0 Å². The van der Waals surface area contributed by atoms with Crippen molar-refractivity contribution >= 4 is 0 Å². The van der Waals surface area contributed by atoms with E-state index in [9.17, 15) is 4.39 Å². The highest BCUT2D eigenvalue weighted by molar-refractivity contribution is 5.29. The monoisotopic (exact) mass is 348 g/mol. The highest BCUT2D eigenvalue weighted by Crippen LogP contribution is 2.19. The number of nitrogens with zero attached hydrogens (tertiary/aromatic N) is 4. The standard InChI is InChI=1S/C18H25FN4O2/c1-13(2)18-21-20-17(25-18)12-23-8-6-22(7-9-23)11-14-4-5-16(24-3)15(19)10-14/h4-5,10,13H,6-9,11-12H2,1-3H3. The number of rotatable bonds is 6. The minimum absolute atomic E-state index is 0.253. The second-order valence-electron chi connectivity index (χ2n) is 6.71. The molecule has 1 saturated heterocycles. The minimum Gasteiger partial charge on any atom is -0.494 e. The van der Waals surface area contributed by atoms with Gasteiger partial charge < -0.3 is 9.15 Å². The third-order valence-electron chi connectivity index (χ3n) is 4.42. The van der Waals surface area contributed by atoms with E-state index in [0.717, 1.165) is 38.3 Å². The van der Waals surface area contributed by atoms with E-state index >= 15 is 0 Å². The van der Waals surface area contributed by atoms with Crippen molar-refractivity contribution in [1.29, 1.82) is 0 Å². The maximum atomic E-state index is 13.8. The summed E-state index contributed by atoms with van der Waals surface area (Å²) >= 11 is 0. The average Bonchev–Trinajstić information content (AvgIpc) is 3.06. The van der Waals surface area contributed by atoms with Crippen molar-refractivity contribution in [3.63, 3.8) is 0 Å². The first-order valence-corrected chi connectivity index (χ1v) is 8.64. The van der Waals surface area contributed by atoms with E-state index in [4.69, 9.17) is 9.15 Å². The Morgan fingerprint density at radius 3 is 2.36 bits per heavy atom. The van der Waals surface area contributed by atoms with Gasteiger partial charge in [-0.15, -0.1) is 10.2 Å². The lowest BCUT2D eigenvalue weighted by molar-refractivity contribution is 0.114. The summed E-state index contributed by atoms with van der Waals surface area (Å²) in [7, 11) is 1.48. The maximum absolute atomic E-state index is 13.8. The predicted octanol–water partition coefficient (Wildman–Crippen LogP) is 2.66. The van der Waals surface area contributed by atoms with Crippen LogP contribution in [0.4, 0.5) is 4.39 Å². The molecule has 1 aliphatic rings.